The summed E-state index contributed by atoms with van der Waals surface area (Å²) in [6.45, 7) is 4.62. The van der Waals surface area contributed by atoms with E-state index in [1.165, 1.54) is 0 Å². The van der Waals surface area contributed by atoms with Crippen molar-refractivity contribution in [1.29, 1.82) is 0 Å². The lowest BCUT2D eigenvalue weighted by atomic mass is 10.1. The molecule has 1 amide bonds. The maximum Gasteiger partial charge on any atom is 0.271 e. The van der Waals surface area contributed by atoms with Gasteiger partial charge in [0, 0.05) is 40.0 Å². The fraction of sp³-hybridized carbons (Fsp3) is 0.0833. The lowest BCUT2D eigenvalue weighted by Crippen LogP contribution is -2.17. The van der Waals surface area contributed by atoms with Crippen LogP contribution in [0.15, 0.2) is 133 Å². The molecule has 0 saturated carbocycles. The Labute approximate surface area is 250 Å². The molecule has 0 radical (unpaired) electrons. The van der Waals surface area contributed by atoms with Crippen molar-refractivity contribution in [2.24, 2.45) is 5.10 Å². The maximum atomic E-state index is 12.9. The summed E-state index contributed by atoms with van der Waals surface area (Å²) in [6.07, 6.45) is 3.52. The molecular weight excluding hydrogens is 534 g/mol. The Morgan fingerprint density at radius 3 is 2.12 bits per heavy atom. The Kier molecular flexibility index (Phi) is 7.95. The normalized spacial score (nSPS) is 11.1. The van der Waals surface area contributed by atoms with Gasteiger partial charge in [-0.25, -0.2) is 10.1 Å². The third-order valence-electron chi connectivity index (χ3n) is 7.17. The highest BCUT2D eigenvalue weighted by Gasteiger charge is 2.13. The second kappa shape index (κ2) is 12.4. The SMILES string of the molecule is Cc1ccc(C)n1-c1ccc(C(=O)NN=Cc2cn(-c3ccccc3)nc2-c2ccc(OCc3ccccc3)cc2)cc1. The van der Waals surface area contributed by atoms with Crippen LogP contribution in [-0.2, 0) is 6.61 Å². The molecule has 0 saturated heterocycles. The van der Waals surface area contributed by atoms with Gasteiger partial charge in [-0.3, -0.25) is 4.79 Å². The van der Waals surface area contributed by atoms with Gasteiger partial charge in [-0.2, -0.15) is 10.2 Å². The van der Waals surface area contributed by atoms with Crippen LogP contribution in [-0.4, -0.2) is 26.5 Å². The molecule has 6 rings (SSSR count). The molecule has 7 nitrogen and oxygen atoms in total. The fourth-order valence-corrected chi connectivity index (χ4v) is 4.93. The number of carbonyl (C=O) groups excluding carboxylic acids is 1. The topological polar surface area (TPSA) is 73.4 Å². The predicted octanol–water partition coefficient (Wildman–Crippen LogP) is 7.29. The molecular formula is C36H31N5O2. The van der Waals surface area contributed by atoms with E-state index in [0.29, 0.717) is 12.2 Å². The highest BCUT2D eigenvalue weighted by Crippen LogP contribution is 2.25. The highest BCUT2D eigenvalue weighted by molar-refractivity contribution is 5.95. The van der Waals surface area contributed by atoms with Crippen LogP contribution in [0.3, 0.4) is 0 Å². The van der Waals surface area contributed by atoms with E-state index in [2.05, 4.69) is 41.1 Å². The first-order chi connectivity index (χ1) is 21.0. The second-order valence-electron chi connectivity index (χ2n) is 10.2. The van der Waals surface area contributed by atoms with Gasteiger partial charge in [0.15, 0.2) is 0 Å². The summed E-state index contributed by atoms with van der Waals surface area (Å²) in [5.41, 5.74) is 10.9. The average molecular weight is 566 g/mol. The van der Waals surface area contributed by atoms with Gasteiger partial charge in [0.25, 0.3) is 5.91 Å². The van der Waals surface area contributed by atoms with Crippen molar-refractivity contribution in [3.8, 4) is 28.4 Å². The number of hydrazone groups is 1. The number of para-hydroxylation sites is 1. The Balaban J connectivity index is 1.19. The molecule has 2 aromatic heterocycles. The molecule has 43 heavy (non-hydrogen) atoms. The van der Waals surface area contributed by atoms with E-state index in [0.717, 1.165) is 50.9 Å². The number of ether oxygens (including phenoxy) is 1. The van der Waals surface area contributed by atoms with Crippen LogP contribution in [0, 0.1) is 13.8 Å². The van der Waals surface area contributed by atoms with Crippen molar-refractivity contribution in [3.05, 3.63) is 156 Å². The first-order valence-electron chi connectivity index (χ1n) is 14.1. The number of amides is 1. The second-order valence-corrected chi connectivity index (χ2v) is 10.2. The van der Waals surface area contributed by atoms with Crippen molar-refractivity contribution in [1.82, 2.24) is 19.8 Å². The molecule has 7 heteroatoms. The molecule has 0 fully saturated rings. The molecule has 1 N–H and O–H groups in total. The summed E-state index contributed by atoms with van der Waals surface area (Å²) < 4.78 is 9.91. The molecule has 0 aliphatic heterocycles. The van der Waals surface area contributed by atoms with E-state index >= 15 is 0 Å². The summed E-state index contributed by atoms with van der Waals surface area (Å²) in [4.78, 5) is 12.9. The van der Waals surface area contributed by atoms with Gasteiger partial charge in [-0.15, -0.1) is 0 Å². The van der Waals surface area contributed by atoms with Crippen LogP contribution < -0.4 is 10.2 Å². The highest BCUT2D eigenvalue weighted by atomic mass is 16.5. The fourth-order valence-electron chi connectivity index (χ4n) is 4.93. The number of aryl methyl sites for hydroxylation is 2. The van der Waals surface area contributed by atoms with Crippen LogP contribution in [0.2, 0.25) is 0 Å². The van der Waals surface area contributed by atoms with E-state index in [9.17, 15) is 4.79 Å². The van der Waals surface area contributed by atoms with Gasteiger partial charge in [0.1, 0.15) is 18.1 Å². The van der Waals surface area contributed by atoms with Gasteiger partial charge >= 0.3 is 0 Å². The monoisotopic (exact) mass is 565 g/mol. The van der Waals surface area contributed by atoms with Crippen LogP contribution in [0.25, 0.3) is 22.6 Å². The van der Waals surface area contributed by atoms with Crippen LogP contribution in [0.1, 0.15) is 32.9 Å². The zero-order valence-corrected chi connectivity index (χ0v) is 24.0. The van der Waals surface area contributed by atoms with Crippen molar-refractivity contribution in [3.63, 3.8) is 0 Å². The Bertz CT molecular complexity index is 1830. The predicted molar refractivity (Wildman–Crippen MR) is 170 cm³/mol. The van der Waals surface area contributed by atoms with Crippen molar-refractivity contribution >= 4 is 12.1 Å². The number of nitrogens with one attached hydrogen (secondary N) is 1. The lowest BCUT2D eigenvalue weighted by Gasteiger charge is -2.10. The maximum absolute atomic E-state index is 12.9. The van der Waals surface area contributed by atoms with E-state index in [1.54, 1.807) is 18.3 Å². The van der Waals surface area contributed by atoms with Gasteiger partial charge in [-0.05, 0) is 92.2 Å². The van der Waals surface area contributed by atoms with E-state index in [4.69, 9.17) is 9.84 Å². The molecule has 6 aromatic rings. The number of nitrogens with zero attached hydrogens (tertiary/aromatic N) is 4. The first kappa shape index (κ1) is 27.5. The number of benzene rings is 4. The van der Waals surface area contributed by atoms with E-state index in [-0.39, 0.29) is 5.91 Å². The molecule has 0 bridgehead atoms. The molecule has 212 valence electrons. The number of aromatic nitrogens is 3. The molecule has 0 aliphatic rings. The zero-order chi connectivity index (χ0) is 29.6. The van der Waals surface area contributed by atoms with Gasteiger partial charge < -0.3 is 9.30 Å². The number of rotatable bonds is 9. The minimum absolute atomic E-state index is 0.291. The quantitative estimate of drug-likeness (QED) is 0.148. The minimum Gasteiger partial charge on any atom is -0.489 e. The molecule has 0 unspecified atom stereocenters. The molecule has 0 aliphatic carbocycles. The van der Waals surface area contributed by atoms with Crippen molar-refractivity contribution < 1.29 is 9.53 Å². The number of hydrogen-bond donors (Lipinski definition) is 1. The molecule has 0 atom stereocenters. The van der Waals surface area contributed by atoms with E-state index < -0.39 is 0 Å². The summed E-state index contributed by atoms with van der Waals surface area (Å²) in [5, 5.41) is 9.13. The summed E-state index contributed by atoms with van der Waals surface area (Å²) in [6, 6.07) is 39.4. The van der Waals surface area contributed by atoms with Crippen LogP contribution in [0.4, 0.5) is 0 Å². The smallest absolute Gasteiger partial charge is 0.271 e. The average Bonchev–Trinajstić information content (AvgIpc) is 3.63. The Morgan fingerprint density at radius 2 is 1.44 bits per heavy atom. The van der Waals surface area contributed by atoms with Gasteiger partial charge in [-0.1, -0.05) is 48.5 Å². The van der Waals surface area contributed by atoms with Crippen molar-refractivity contribution in [2.45, 2.75) is 20.5 Å². The summed E-state index contributed by atoms with van der Waals surface area (Å²) >= 11 is 0. The molecule has 2 heterocycles. The number of carbonyl (C=O) groups is 1. The largest absolute Gasteiger partial charge is 0.489 e. The third-order valence-corrected chi connectivity index (χ3v) is 7.17. The van der Waals surface area contributed by atoms with E-state index in [1.807, 2.05) is 108 Å². The third kappa shape index (κ3) is 6.31. The number of hydrogen-bond acceptors (Lipinski definition) is 4. The Morgan fingerprint density at radius 1 is 0.791 bits per heavy atom. The summed E-state index contributed by atoms with van der Waals surface area (Å²) in [7, 11) is 0. The van der Waals surface area contributed by atoms with Crippen LogP contribution in [0.5, 0.6) is 5.75 Å². The molecule has 4 aromatic carbocycles. The van der Waals surface area contributed by atoms with Gasteiger partial charge in [0.05, 0.1) is 11.9 Å². The minimum atomic E-state index is -0.291. The summed E-state index contributed by atoms with van der Waals surface area (Å²) in [5.74, 6) is 0.478. The Hall–Kier alpha value is -5.69. The standard InChI is InChI=1S/C36H31N5O2/c1-26-13-14-27(2)41(26)33-19-15-30(16-20-33)36(42)38-37-23-31-24-40(32-11-7-4-8-12-32)39-35(31)29-17-21-34(22-18-29)43-25-28-9-5-3-6-10-28/h3-24H,25H2,1-2H3,(H,38,42). The van der Waals surface area contributed by atoms with Crippen molar-refractivity contribution in [2.75, 3.05) is 0 Å². The van der Waals surface area contributed by atoms with Gasteiger partial charge in [0.2, 0.25) is 0 Å². The van der Waals surface area contributed by atoms with Crippen LogP contribution >= 0.6 is 0 Å². The molecule has 0 spiro atoms. The first-order valence-corrected chi connectivity index (χ1v) is 14.1. The lowest BCUT2D eigenvalue weighted by molar-refractivity contribution is 0.0955. The zero-order valence-electron chi connectivity index (χ0n) is 24.0.